The lowest BCUT2D eigenvalue weighted by atomic mass is 10.1. The molecule has 0 bridgehead atoms. The molecule has 0 saturated carbocycles. The van der Waals surface area contributed by atoms with Crippen molar-refractivity contribution in [2.24, 2.45) is 0 Å². The Morgan fingerprint density at radius 1 is 1.03 bits per heavy atom. The number of hydrogen-bond donors (Lipinski definition) is 1. The molecule has 1 heterocycles. The molecule has 0 unspecified atom stereocenters. The molecular formula is C22H21F2N3O3. The number of halogens is 2. The summed E-state index contributed by atoms with van der Waals surface area (Å²) >= 11 is 0. The van der Waals surface area contributed by atoms with Gasteiger partial charge in [0.15, 0.2) is 5.78 Å². The lowest BCUT2D eigenvalue weighted by Gasteiger charge is -2.19. The van der Waals surface area contributed by atoms with Crippen molar-refractivity contribution in [1.82, 2.24) is 14.5 Å². The first kappa shape index (κ1) is 21.3. The molecule has 3 rings (SSSR count). The fourth-order valence-corrected chi connectivity index (χ4v) is 3.25. The van der Waals surface area contributed by atoms with E-state index in [-0.39, 0.29) is 17.7 Å². The van der Waals surface area contributed by atoms with Gasteiger partial charge in [-0.15, -0.1) is 0 Å². The fourth-order valence-electron chi connectivity index (χ4n) is 3.25. The van der Waals surface area contributed by atoms with Crippen molar-refractivity contribution in [3.05, 3.63) is 104 Å². The van der Waals surface area contributed by atoms with Gasteiger partial charge >= 0.3 is 5.69 Å². The van der Waals surface area contributed by atoms with Gasteiger partial charge in [0, 0.05) is 11.8 Å². The van der Waals surface area contributed by atoms with Crippen LogP contribution in [0.3, 0.4) is 0 Å². The van der Waals surface area contributed by atoms with Crippen molar-refractivity contribution in [3.8, 4) is 0 Å². The number of nitrogens with one attached hydrogen (secondary N) is 1. The van der Waals surface area contributed by atoms with Crippen LogP contribution in [0, 0.1) is 11.6 Å². The summed E-state index contributed by atoms with van der Waals surface area (Å²) in [5, 5.41) is 3.04. The van der Waals surface area contributed by atoms with Crippen LogP contribution < -0.4 is 16.6 Å². The predicted octanol–water partition coefficient (Wildman–Crippen LogP) is 2.50. The van der Waals surface area contributed by atoms with Crippen LogP contribution in [-0.4, -0.2) is 22.0 Å². The molecule has 3 aromatic rings. The third kappa shape index (κ3) is 4.28. The third-order valence-corrected chi connectivity index (χ3v) is 4.92. The minimum atomic E-state index is -0.818. The van der Waals surface area contributed by atoms with Crippen molar-refractivity contribution in [2.45, 2.75) is 26.1 Å². The Hall–Kier alpha value is -3.39. The van der Waals surface area contributed by atoms with Gasteiger partial charge < -0.3 is 5.32 Å². The van der Waals surface area contributed by atoms with Crippen LogP contribution in [0.1, 0.15) is 34.5 Å². The largest absolute Gasteiger partial charge is 0.331 e. The fraction of sp³-hybridized carbons (Fsp3) is 0.227. The minimum absolute atomic E-state index is 0.0565. The molecule has 156 valence electrons. The minimum Gasteiger partial charge on any atom is -0.312 e. The highest BCUT2D eigenvalue weighted by Gasteiger charge is 2.20. The van der Waals surface area contributed by atoms with Crippen molar-refractivity contribution in [1.29, 1.82) is 0 Å². The van der Waals surface area contributed by atoms with E-state index >= 15 is 0 Å². The summed E-state index contributed by atoms with van der Waals surface area (Å²) in [6.07, 6.45) is 1.06. The summed E-state index contributed by atoms with van der Waals surface area (Å²) in [5.41, 5.74) is -1.22. The first-order valence-electron chi connectivity index (χ1n) is 9.33. The Morgan fingerprint density at radius 3 is 2.23 bits per heavy atom. The molecule has 0 aliphatic rings. The molecule has 1 atom stereocenters. The van der Waals surface area contributed by atoms with E-state index in [9.17, 15) is 23.2 Å². The molecule has 0 fully saturated rings. The second-order valence-corrected chi connectivity index (χ2v) is 6.88. The molecule has 6 nitrogen and oxygen atoms in total. The van der Waals surface area contributed by atoms with E-state index in [0.29, 0.717) is 0 Å². The summed E-state index contributed by atoms with van der Waals surface area (Å²) in [5.74, 6) is -2.18. The average Bonchev–Trinajstić information content (AvgIpc) is 2.73. The van der Waals surface area contributed by atoms with Crippen molar-refractivity contribution in [3.63, 3.8) is 0 Å². The lowest BCUT2D eigenvalue weighted by molar-refractivity contribution is 0.101. The number of hydrogen-bond acceptors (Lipinski definition) is 4. The van der Waals surface area contributed by atoms with Gasteiger partial charge in [0.05, 0.1) is 24.7 Å². The van der Waals surface area contributed by atoms with Crippen LogP contribution >= 0.6 is 0 Å². The van der Waals surface area contributed by atoms with E-state index in [1.165, 1.54) is 13.0 Å². The summed E-state index contributed by atoms with van der Waals surface area (Å²) in [6.45, 7) is 0.693. The van der Waals surface area contributed by atoms with Gasteiger partial charge in [-0.2, -0.15) is 0 Å². The number of nitrogens with zero attached hydrogens (tertiary/aromatic N) is 2. The zero-order chi connectivity index (χ0) is 21.8. The van der Waals surface area contributed by atoms with E-state index in [4.69, 9.17) is 0 Å². The van der Waals surface area contributed by atoms with Gasteiger partial charge in [-0.25, -0.2) is 13.6 Å². The highest BCUT2D eigenvalue weighted by molar-refractivity contribution is 5.93. The van der Waals surface area contributed by atoms with E-state index in [1.54, 1.807) is 7.05 Å². The number of carbonyl (C=O) groups excluding carboxylic acids is 1. The SMILES string of the molecule is CN[C@@H](Cn1c(=O)c(C(C)=O)cn(Cc2c(F)cccc2F)c1=O)c1ccccc1. The number of ketones is 1. The summed E-state index contributed by atoms with van der Waals surface area (Å²) in [6, 6.07) is 12.2. The van der Waals surface area contributed by atoms with Crippen molar-refractivity contribution >= 4 is 5.78 Å². The Kier molecular flexibility index (Phi) is 6.37. The molecule has 0 saturated heterocycles. The molecule has 0 amide bonds. The topological polar surface area (TPSA) is 73.1 Å². The number of carbonyl (C=O) groups is 1. The summed E-state index contributed by atoms with van der Waals surface area (Å²) in [7, 11) is 1.69. The molecule has 0 aliphatic heterocycles. The van der Waals surface area contributed by atoms with E-state index in [2.05, 4.69) is 5.32 Å². The molecule has 0 spiro atoms. The Labute approximate surface area is 171 Å². The van der Waals surface area contributed by atoms with Crippen LogP contribution in [0.25, 0.3) is 0 Å². The maximum absolute atomic E-state index is 14.1. The molecule has 0 radical (unpaired) electrons. The van der Waals surface area contributed by atoms with E-state index < -0.39 is 41.3 Å². The maximum atomic E-state index is 14.1. The zero-order valence-electron chi connectivity index (χ0n) is 16.6. The van der Waals surface area contributed by atoms with Gasteiger partial charge in [0.1, 0.15) is 11.6 Å². The van der Waals surface area contributed by atoms with Crippen molar-refractivity contribution < 1.29 is 13.6 Å². The van der Waals surface area contributed by atoms with Crippen LogP contribution in [0.15, 0.2) is 64.3 Å². The van der Waals surface area contributed by atoms with Gasteiger partial charge in [-0.3, -0.25) is 18.7 Å². The monoisotopic (exact) mass is 413 g/mol. The second-order valence-electron chi connectivity index (χ2n) is 6.88. The number of rotatable bonds is 7. The molecule has 30 heavy (non-hydrogen) atoms. The number of likely N-dealkylation sites (N-methyl/N-ethyl adjacent to an activating group) is 1. The predicted molar refractivity (Wildman–Crippen MR) is 109 cm³/mol. The Morgan fingerprint density at radius 2 is 1.67 bits per heavy atom. The maximum Gasteiger partial charge on any atom is 0.331 e. The molecule has 1 N–H and O–H groups in total. The van der Waals surface area contributed by atoms with Crippen LogP contribution in [0.4, 0.5) is 8.78 Å². The molecule has 8 heteroatoms. The number of aromatic nitrogens is 2. The van der Waals surface area contributed by atoms with E-state index in [1.807, 2.05) is 30.3 Å². The smallest absolute Gasteiger partial charge is 0.312 e. The van der Waals surface area contributed by atoms with Gasteiger partial charge in [-0.1, -0.05) is 36.4 Å². The zero-order valence-corrected chi connectivity index (χ0v) is 16.6. The Bertz CT molecular complexity index is 1170. The molecule has 0 aliphatic carbocycles. The molecule has 1 aromatic heterocycles. The van der Waals surface area contributed by atoms with Crippen molar-refractivity contribution in [2.75, 3.05) is 7.05 Å². The van der Waals surface area contributed by atoms with Gasteiger partial charge in [-0.05, 0) is 31.7 Å². The van der Waals surface area contributed by atoms with Crippen LogP contribution in [0.5, 0.6) is 0 Å². The summed E-state index contributed by atoms with van der Waals surface area (Å²) < 4.78 is 30.1. The number of benzene rings is 2. The number of Topliss-reactive ketones (excluding diaryl/α,β-unsaturated/α-hetero) is 1. The van der Waals surface area contributed by atoms with Crippen LogP contribution in [0.2, 0.25) is 0 Å². The van der Waals surface area contributed by atoms with Crippen LogP contribution in [-0.2, 0) is 13.1 Å². The third-order valence-electron chi connectivity index (χ3n) is 4.92. The highest BCUT2D eigenvalue weighted by atomic mass is 19.1. The van der Waals surface area contributed by atoms with E-state index in [0.717, 1.165) is 33.0 Å². The van der Waals surface area contributed by atoms with Gasteiger partial charge in [0.25, 0.3) is 5.56 Å². The standard InChI is InChI=1S/C22H21F2N3O3/c1-14(28)16-11-26(12-17-18(23)9-6-10-19(17)24)22(30)27(21(16)29)13-20(25-2)15-7-4-3-5-8-15/h3-11,20,25H,12-13H2,1-2H3/t20-/m0/s1. The lowest BCUT2D eigenvalue weighted by Crippen LogP contribution is -2.44. The summed E-state index contributed by atoms with van der Waals surface area (Å²) in [4.78, 5) is 37.8. The first-order chi connectivity index (χ1) is 14.3. The Balaban J connectivity index is 2.12. The molecule has 2 aromatic carbocycles. The second kappa shape index (κ2) is 8.96. The quantitative estimate of drug-likeness (QED) is 0.604. The van der Waals surface area contributed by atoms with Gasteiger partial charge in [0.2, 0.25) is 0 Å². The molecular weight excluding hydrogens is 392 g/mol. The first-order valence-corrected chi connectivity index (χ1v) is 9.33. The normalized spacial score (nSPS) is 12.0. The average molecular weight is 413 g/mol. The highest BCUT2D eigenvalue weighted by Crippen LogP contribution is 2.15.